The van der Waals surface area contributed by atoms with Gasteiger partial charge in [0.25, 0.3) is 5.91 Å². The lowest BCUT2D eigenvalue weighted by Gasteiger charge is -2.11. The Kier molecular flexibility index (Phi) is 5.73. The molecule has 158 valence electrons. The SMILES string of the molecule is CC1=C(S(=O)c2ccc(C(=O)Nc3cc(-c4ccc(F)cc4)ccc3N)cc2)NCN1. The van der Waals surface area contributed by atoms with Crippen LogP contribution in [0.5, 0.6) is 0 Å². The molecule has 0 radical (unpaired) electrons. The predicted molar refractivity (Wildman–Crippen MR) is 121 cm³/mol. The predicted octanol–water partition coefficient (Wildman–Crippen LogP) is 3.77. The van der Waals surface area contributed by atoms with E-state index >= 15 is 0 Å². The van der Waals surface area contributed by atoms with Crippen molar-refractivity contribution >= 4 is 28.1 Å². The van der Waals surface area contributed by atoms with Crippen LogP contribution >= 0.6 is 0 Å². The molecule has 3 aromatic carbocycles. The number of amides is 1. The summed E-state index contributed by atoms with van der Waals surface area (Å²) in [6.07, 6.45) is 0. The Balaban J connectivity index is 1.52. The monoisotopic (exact) mass is 436 g/mol. The van der Waals surface area contributed by atoms with Crippen molar-refractivity contribution in [3.05, 3.63) is 88.8 Å². The Morgan fingerprint density at radius 2 is 1.68 bits per heavy atom. The molecule has 0 bridgehead atoms. The van der Waals surface area contributed by atoms with Crippen molar-refractivity contribution in [2.45, 2.75) is 11.8 Å². The van der Waals surface area contributed by atoms with Crippen LogP contribution in [0.3, 0.4) is 0 Å². The van der Waals surface area contributed by atoms with Crippen LogP contribution in [0.2, 0.25) is 0 Å². The lowest BCUT2D eigenvalue weighted by atomic mass is 10.0. The zero-order valence-electron chi connectivity index (χ0n) is 16.7. The van der Waals surface area contributed by atoms with E-state index in [2.05, 4.69) is 16.0 Å². The molecular weight excluding hydrogens is 415 g/mol. The third-order valence-corrected chi connectivity index (χ3v) is 6.46. The van der Waals surface area contributed by atoms with Crippen LogP contribution in [-0.2, 0) is 10.8 Å². The van der Waals surface area contributed by atoms with Gasteiger partial charge in [-0.05, 0) is 66.6 Å². The summed E-state index contributed by atoms with van der Waals surface area (Å²) in [6.45, 7) is 2.41. The zero-order valence-corrected chi connectivity index (χ0v) is 17.6. The second kappa shape index (κ2) is 8.61. The maximum atomic E-state index is 13.2. The van der Waals surface area contributed by atoms with Crippen LogP contribution in [0.15, 0.2) is 82.4 Å². The van der Waals surface area contributed by atoms with E-state index in [1.54, 1.807) is 48.5 Å². The number of nitrogen functional groups attached to an aromatic ring is 1. The number of hydrogen-bond donors (Lipinski definition) is 4. The average Bonchev–Trinajstić information content (AvgIpc) is 3.21. The summed E-state index contributed by atoms with van der Waals surface area (Å²) in [6, 6.07) is 17.9. The second-order valence-electron chi connectivity index (χ2n) is 7.04. The number of nitrogens with two attached hydrogens (primary N) is 1. The van der Waals surface area contributed by atoms with Gasteiger partial charge in [-0.25, -0.2) is 8.60 Å². The van der Waals surface area contributed by atoms with Crippen molar-refractivity contribution in [3.63, 3.8) is 0 Å². The number of carbonyl (C=O) groups excluding carboxylic acids is 1. The highest BCUT2D eigenvalue weighted by Crippen LogP contribution is 2.28. The number of carbonyl (C=O) groups is 1. The quantitative estimate of drug-likeness (QED) is 0.457. The van der Waals surface area contributed by atoms with Gasteiger partial charge in [0.2, 0.25) is 0 Å². The smallest absolute Gasteiger partial charge is 0.255 e. The highest BCUT2D eigenvalue weighted by Gasteiger charge is 2.18. The molecule has 6 nitrogen and oxygen atoms in total. The lowest BCUT2D eigenvalue weighted by molar-refractivity contribution is 0.102. The fourth-order valence-corrected chi connectivity index (χ4v) is 4.38. The minimum atomic E-state index is -1.35. The summed E-state index contributed by atoms with van der Waals surface area (Å²) < 4.78 is 25.9. The van der Waals surface area contributed by atoms with Gasteiger partial charge in [-0.2, -0.15) is 0 Å². The van der Waals surface area contributed by atoms with Crippen LogP contribution < -0.4 is 21.7 Å². The van der Waals surface area contributed by atoms with E-state index in [0.29, 0.717) is 33.5 Å². The Hall–Kier alpha value is -3.65. The van der Waals surface area contributed by atoms with Gasteiger partial charge in [0.15, 0.2) is 0 Å². The van der Waals surface area contributed by atoms with Gasteiger partial charge in [0.1, 0.15) is 21.6 Å². The molecule has 31 heavy (non-hydrogen) atoms. The number of hydrogen-bond acceptors (Lipinski definition) is 5. The molecule has 5 N–H and O–H groups in total. The van der Waals surface area contributed by atoms with Gasteiger partial charge >= 0.3 is 0 Å². The summed E-state index contributed by atoms with van der Waals surface area (Å²) in [7, 11) is -1.35. The van der Waals surface area contributed by atoms with Gasteiger partial charge in [-0.3, -0.25) is 4.79 Å². The molecule has 4 rings (SSSR count). The summed E-state index contributed by atoms with van der Waals surface area (Å²) in [5, 5.41) is 9.59. The molecule has 1 unspecified atom stereocenters. The number of allylic oxidation sites excluding steroid dienone is 1. The molecule has 1 atom stereocenters. The van der Waals surface area contributed by atoms with Gasteiger partial charge in [0.05, 0.1) is 18.0 Å². The molecular formula is C23H21FN4O2S. The lowest BCUT2D eigenvalue weighted by Crippen LogP contribution is -2.16. The molecule has 1 aliphatic rings. The minimum absolute atomic E-state index is 0.316. The van der Waals surface area contributed by atoms with Crippen molar-refractivity contribution in [2.24, 2.45) is 0 Å². The van der Waals surface area contributed by atoms with Gasteiger partial charge in [-0.1, -0.05) is 18.2 Å². The molecule has 0 fully saturated rings. The van der Waals surface area contributed by atoms with E-state index in [9.17, 15) is 13.4 Å². The summed E-state index contributed by atoms with van der Waals surface area (Å²) in [5.74, 6) is -0.653. The molecule has 3 aromatic rings. The Bertz CT molecular complexity index is 1190. The van der Waals surface area contributed by atoms with Crippen LogP contribution in [0.25, 0.3) is 11.1 Å². The van der Waals surface area contributed by atoms with Crippen molar-refractivity contribution in [3.8, 4) is 11.1 Å². The first-order chi connectivity index (χ1) is 14.9. The molecule has 1 amide bonds. The summed E-state index contributed by atoms with van der Waals surface area (Å²) in [4.78, 5) is 13.3. The molecule has 0 aliphatic carbocycles. The third kappa shape index (κ3) is 4.44. The standard InChI is InChI=1S/C23H21FN4O2S/c1-14-23(27-13-26-14)31(30)19-9-4-16(5-10-19)22(29)28-21-12-17(6-11-20(21)25)15-2-7-18(24)8-3-15/h2-12,26-27H,13,25H2,1H3,(H,28,29). The maximum absolute atomic E-state index is 13.2. The third-order valence-electron chi connectivity index (χ3n) is 4.94. The number of halogens is 1. The minimum Gasteiger partial charge on any atom is -0.397 e. The van der Waals surface area contributed by atoms with Crippen molar-refractivity contribution < 1.29 is 13.4 Å². The first-order valence-electron chi connectivity index (χ1n) is 9.59. The number of nitrogens with one attached hydrogen (secondary N) is 3. The van der Waals surface area contributed by atoms with Crippen molar-refractivity contribution in [1.82, 2.24) is 10.6 Å². The van der Waals surface area contributed by atoms with Gasteiger partial charge < -0.3 is 21.7 Å². The Labute approximate surface area is 181 Å². The average molecular weight is 437 g/mol. The molecule has 0 aromatic heterocycles. The Morgan fingerprint density at radius 3 is 2.32 bits per heavy atom. The van der Waals surface area contributed by atoms with Gasteiger partial charge in [0, 0.05) is 16.2 Å². The summed E-state index contributed by atoms with van der Waals surface area (Å²) in [5.41, 5.74) is 9.78. The maximum Gasteiger partial charge on any atom is 0.255 e. The second-order valence-corrected chi connectivity index (χ2v) is 8.46. The van der Waals surface area contributed by atoms with Gasteiger partial charge in [-0.15, -0.1) is 0 Å². The van der Waals surface area contributed by atoms with Crippen LogP contribution in [0.4, 0.5) is 15.8 Å². The molecule has 0 spiro atoms. The molecule has 1 aliphatic heterocycles. The zero-order chi connectivity index (χ0) is 22.0. The highest BCUT2D eigenvalue weighted by atomic mass is 32.2. The van der Waals surface area contributed by atoms with E-state index in [1.165, 1.54) is 12.1 Å². The van der Waals surface area contributed by atoms with E-state index < -0.39 is 10.8 Å². The van der Waals surface area contributed by atoms with E-state index in [-0.39, 0.29) is 11.7 Å². The number of anilines is 2. The van der Waals surface area contributed by atoms with Crippen LogP contribution in [-0.4, -0.2) is 16.8 Å². The topological polar surface area (TPSA) is 96.2 Å². The largest absolute Gasteiger partial charge is 0.397 e. The highest BCUT2D eigenvalue weighted by molar-refractivity contribution is 7.89. The van der Waals surface area contributed by atoms with Crippen LogP contribution in [0.1, 0.15) is 17.3 Å². The fraction of sp³-hybridized carbons (Fsp3) is 0.0870. The first-order valence-corrected chi connectivity index (χ1v) is 10.7. The van der Waals surface area contributed by atoms with Crippen molar-refractivity contribution in [1.29, 1.82) is 0 Å². The van der Waals surface area contributed by atoms with Crippen molar-refractivity contribution in [2.75, 3.05) is 17.7 Å². The molecule has 0 saturated heterocycles. The van der Waals surface area contributed by atoms with E-state index in [1.807, 2.05) is 13.0 Å². The first kappa shape index (κ1) is 20.6. The molecule has 8 heteroatoms. The number of rotatable bonds is 5. The van der Waals surface area contributed by atoms with E-state index in [0.717, 1.165) is 16.8 Å². The molecule has 1 heterocycles. The normalized spacial score (nSPS) is 14.0. The molecule has 0 saturated carbocycles. The fourth-order valence-electron chi connectivity index (χ4n) is 3.20. The summed E-state index contributed by atoms with van der Waals surface area (Å²) >= 11 is 0. The number of benzene rings is 3. The van der Waals surface area contributed by atoms with Crippen LogP contribution in [0, 0.1) is 5.82 Å². The van der Waals surface area contributed by atoms with E-state index in [4.69, 9.17) is 5.73 Å². The Morgan fingerprint density at radius 1 is 1.00 bits per heavy atom.